The molecule has 0 aromatic heterocycles. The minimum absolute atomic E-state index is 0.00838. The van der Waals surface area contributed by atoms with Crippen molar-refractivity contribution in [3.63, 3.8) is 0 Å². The Balaban J connectivity index is 2.41. The van der Waals surface area contributed by atoms with Gasteiger partial charge in [-0.05, 0) is 5.75 Å². The van der Waals surface area contributed by atoms with Crippen LogP contribution in [0.4, 0.5) is 0 Å². The van der Waals surface area contributed by atoms with Gasteiger partial charge in [-0.3, -0.25) is 4.79 Å². The van der Waals surface area contributed by atoms with Crippen LogP contribution in [0.25, 0.3) is 0 Å². The van der Waals surface area contributed by atoms with Crippen LogP contribution in [0.3, 0.4) is 0 Å². The summed E-state index contributed by atoms with van der Waals surface area (Å²) in [6.45, 7) is 2.80. The molecule has 4 heteroatoms. The first-order chi connectivity index (χ1) is 4.75. The number of rotatable bonds is 2. The SMILES string of the molecule is CCS[C@@H]1CNC(=O)[C@H]1N. The number of carbonyl (C=O) groups excluding carboxylic acids is 1. The van der Waals surface area contributed by atoms with Crippen LogP contribution in [0.5, 0.6) is 0 Å². The van der Waals surface area contributed by atoms with E-state index in [0.29, 0.717) is 0 Å². The monoisotopic (exact) mass is 160 g/mol. The van der Waals surface area contributed by atoms with Crippen molar-refractivity contribution in [2.45, 2.75) is 18.2 Å². The van der Waals surface area contributed by atoms with Crippen molar-refractivity contribution in [1.29, 1.82) is 0 Å². The summed E-state index contributed by atoms with van der Waals surface area (Å²) in [5.41, 5.74) is 5.58. The summed E-state index contributed by atoms with van der Waals surface area (Å²) >= 11 is 1.74. The third kappa shape index (κ3) is 1.44. The van der Waals surface area contributed by atoms with Gasteiger partial charge in [-0.25, -0.2) is 0 Å². The van der Waals surface area contributed by atoms with E-state index in [2.05, 4.69) is 12.2 Å². The molecule has 0 spiro atoms. The third-order valence-corrected chi connectivity index (χ3v) is 2.78. The summed E-state index contributed by atoms with van der Waals surface area (Å²) in [4.78, 5) is 10.8. The highest BCUT2D eigenvalue weighted by atomic mass is 32.2. The Bertz CT molecular complexity index is 140. The Morgan fingerprint density at radius 2 is 2.60 bits per heavy atom. The Kier molecular flexibility index (Phi) is 2.56. The molecule has 3 N–H and O–H groups in total. The average molecular weight is 160 g/mol. The molecular formula is C6H12N2OS. The molecule has 0 bridgehead atoms. The van der Waals surface area contributed by atoms with E-state index in [1.165, 1.54) is 0 Å². The van der Waals surface area contributed by atoms with Gasteiger partial charge >= 0.3 is 0 Å². The highest BCUT2D eigenvalue weighted by Crippen LogP contribution is 2.16. The second-order valence-corrected chi connectivity index (χ2v) is 3.78. The van der Waals surface area contributed by atoms with Crippen molar-refractivity contribution in [1.82, 2.24) is 5.32 Å². The van der Waals surface area contributed by atoms with E-state index in [1.807, 2.05) is 0 Å². The number of amides is 1. The van der Waals surface area contributed by atoms with Gasteiger partial charge in [-0.15, -0.1) is 0 Å². The number of hydrogen-bond donors (Lipinski definition) is 2. The fourth-order valence-corrected chi connectivity index (χ4v) is 1.95. The van der Waals surface area contributed by atoms with E-state index in [-0.39, 0.29) is 17.2 Å². The van der Waals surface area contributed by atoms with Crippen molar-refractivity contribution < 1.29 is 4.79 Å². The zero-order valence-electron chi connectivity index (χ0n) is 5.96. The molecule has 3 nitrogen and oxygen atoms in total. The lowest BCUT2D eigenvalue weighted by Crippen LogP contribution is -2.35. The van der Waals surface area contributed by atoms with Crippen LogP contribution in [-0.4, -0.2) is 29.5 Å². The number of thioether (sulfide) groups is 1. The maximum atomic E-state index is 10.8. The molecule has 0 aliphatic carbocycles. The molecule has 0 aromatic carbocycles. The first-order valence-corrected chi connectivity index (χ1v) is 4.45. The highest BCUT2D eigenvalue weighted by Gasteiger charge is 2.30. The molecule has 1 rings (SSSR count). The lowest BCUT2D eigenvalue weighted by molar-refractivity contribution is -0.120. The van der Waals surface area contributed by atoms with Crippen molar-refractivity contribution in [3.05, 3.63) is 0 Å². The molecule has 0 radical (unpaired) electrons. The van der Waals surface area contributed by atoms with Crippen LogP contribution in [0.2, 0.25) is 0 Å². The smallest absolute Gasteiger partial charge is 0.238 e. The Hall–Kier alpha value is -0.220. The van der Waals surface area contributed by atoms with E-state index in [0.717, 1.165) is 12.3 Å². The van der Waals surface area contributed by atoms with Gasteiger partial charge in [0.1, 0.15) is 0 Å². The Morgan fingerprint density at radius 3 is 3.00 bits per heavy atom. The summed E-state index contributed by atoms with van der Waals surface area (Å²) < 4.78 is 0. The van der Waals surface area contributed by atoms with Gasteiger partial charge in [-0.2, -0.15) is 11.8 Å². The van der Waals surface area contributed by atoms with Gasteiger partial charge in [0.25, 0.3) is 0 Å². The fourth-order valence-electron chi connectivity index (χ4n) is 0.992. The van der Waals surface area contributed by atoms with Gasteiger partial charge in [0.2, 0.25) is 5.91 Å². The zero-order valence-corrected chi connectivity index (χ0v) is 6.78. The summed E-state index contributed by atoms with van der Waals surface area (Å²) in [5, 5.41) is 3.01. The Labute approximate surface area is 64.7 Å². The maximum absolute atomic E-state index is 10.8. The number of hydrogen-bond acceptors (Lipinski definition) is 3. The minimum Gasteiger partial charge on any atom is -0.354 e. The quantitative estimate of drug-likeness (QED) is 0.576. The lowest BCUT2D eigenvalue weighted by Gasteiger charge is -2.08. The molecule has 1 amide bonds. The Morgan fingerprint density at radius 1 is 1.90 bits per heavy atom. The van der Waals surface area contributed by atoms with Gasteiger partial charge in [0, 0.05) is 11.8 Å². The molecule has 1 aliphatic rings. The summed E-state index contributed by atoms with van der Waals surface area (Å²) in [6.07, 6.45) is 0. The molecular weight excluding hydrogens is 148 g/mol. The van der Waals surface area contributed by atoms with E-state index < -0.39 is 0 Å². The van der Waals surface area contributed by atoms with Crippen molar-refractivity contribution in [2.24, 2.45) is 5.73 Å². The molecule has 1 aliphatic heterocycles. The first kappa shape index (κ1) is 7.88. The minimum atomic E-state index is -0.287. The molecule has 1 saturated heterocycles. The third-order valence-electron chi connectivity index (χ3n) is 1.56. The molecule has 1 heterocycles. The van der Waals surface area contributed by atoms with Crippen LogP contribution in [0.1, 0.15) is 6.92 Å². The predicted molar refractivity (Wildman–Crippen MR) is 42.9 cm³/mol. The summed E-state index contributed by atoms with van der Waals surface area (Å²) in [7, 11) is 0. The van der Waals surface area contributed by atoms with Crippen molar-refractivity contribution in [2.75, 3.05) is 12.3 Å². The van der Waals surface area contributed by atoms with E-state index in [1.54, 1.807) is 11.8 Å². The molecule has 58 valence electrons. The second-order valence-electron chi connectivity index (χ2n) is 2.26. The first-order valence-electron chi connectivity index (χ1n) is 3.40. The van der Waals surface area contributed by atoms with Crippen molar-refractivity contribution >= 4 is 17.7 Å². The summed E-state index contributed by atoms with van der Waals surface area (Å²) in [5.74, 6) is 1.01. The largest absolute Gasteiger partial charge is 0.354 e. The van der Waals surface area contributed by atoms with Gasteiger partial charge in [0.15, 0.2) is 0 Å². The zero-order chi connectivity index (χ0) is 7.56. The van der Waals surface area contributed by atoms with Crippen LogP contribution >= 0.6 is 11.8 Å². The standard InChI is InChI=1S/C6H12N2OS/c1-2-10-4-3-8-6(9)5(4)7/h4-5H,2-3,7H2,1H3,(H,8,9)/t4-,5+/m1/s1. The predicted octanol–water partition coefficient (Wildman–Crippen LogP) is -0.435. The number of carbonyl (C=O) groups is 1. The van der Waals surface area contributed by atoms with Crippen molar-refractivity contribution in [3.8, 4) is 0 Å². The molecule has 10 heavy (non-hydrogen) atoms. The average Bonchev–Trinajstić information content (AvgIpc) is 2.20. The molecule has 0 unspecified atom stereocenters. The van der Waals surface area contributed by atoms with E-state index in [4.69, 9.17) is 5.73 Å². The topological polar surface area (TPSA) is 55.1 Å². The lowest BCUT2D eigenvalue weighted by atomic mass is 10.3. The van der Waals surface area contributed by atoms with Crippen LogP contribution in [-0.2, 0) is 4.79 Å². The highest BCUT2D eigenvalue weighted by molar-refractivity contribution is 8.00. The second kappa shape index (κ2) is 3.25. The van der Waals surface area contributed by atoms with E-state index in [9.17, 15) is 4.79 Å². The van der Waals surface area contributed by atoms with Crippen LogP contribution in [0, 0.1) is 0 Å². The van der Waals surface area contributed by atoms with Gasteiger partial charge in [-0.1, -0.05) is 6.92 Å². The fraction of sp³-hybridized carbons (Fsp3) is 0.833. The van der Waals surface area contributed by atoms with Gasteiger partial charge < -0.3 is 11.1 Å². The number of nitrogens with one attached hydrogen (secondary N) is 1. The van der Waals surface area contributed by atoms with Crippen LogP contribution < -0.4 is 11.1 Å². The normalized spacial score (nSPS) is 32.4. The molecule has 0 aromatic rings. The molecule has 0 saturated carbocycles. The van der Waals surface area contributed by atoms with Gasteiger partial charge in [0.05, 0.1) is 6.04 Å². The van der Waals surface area contributed by atoms with E-state index >= 15 is 0 Å². The molecule has 2 atom stereocenters. The number of nitrogens with two attached hydrogens (primary N) is 1. The molecule has 1 fully saturated rings. The van der Waals surface area contributed by atoms with Crippen LogP contribution in [0.15, 0.2) is 0 Å². The maximum Gasteiger partial charge on any atom is 0.238 e. The summed E-state index contributed by atoms with van der Waals surface area (Å²) in [6, 6.07) is -0.287.